The number of esters is 1. The van der Waals surface area contributed by atoms with Crippen molar-refractivity contribution in [3.8, 4) is 11.1 Å². The van der Waals surface area contributed by atoms with Crippen LogP contribution in [0.3, 0.4) is 0 Å². The average molecular weight is 362 g/mol. The van der Waals surface area contributed by atoms with Gasteiger partial charge < -0.3 is 4.74 Å². The molecule has 4 nitrogen and oxygen atoms in total. The summed E-state index contributed by atoms with van der Waals surface area (Å²) in [4.78, 5) is 20.8. The number of benzene rings is 1. The molecule has 0 atom stereocenters. The minimum absolute atomic E-state index is 0.203. The maximum Gasteiger partial charge on any atom is 0.305 e. The fraction of sp³-hybridized carbons (Fsp3) is 0.235. The molecule has 0 amide bonds. The third kappa shape index (κ3) is 3.73. The predicted molar refractivity (Wildman–Crippen MR) is 94.8 cm³/mol. The van der Waals surface area contributed by atoms with Crippen molar-refractivity contribution in [3.05, 3.63) is 41.8 Å². The van der Waals surface area contributed by atoms with E-state index < -0.39 is 0 Å². The van der Waals surface area contributed by atoms with E-state index in [1.807, 2.05) is 5.38 Å². The molecule has 0 aliphatic rings. The number of fused-ring (bicyclic) bond motifs is 1. The van der Waals surface area contributed by atoms with Crippen LogP contribution in [0.1, 0.15) is 12.8 Å². The van der Waals surface area contributed by atoms with Crippen LogP contribution in [0.15, 0.2) is 41.0 Å². The average Bonchev–Trinajstić information content (AvgIpc) is 3.04. The molecule has 0 bridgehead atoms. The summed E-state index contributed by atoms with van der Waals surface area (Å²) >= 11 is 3.14. The van der Waals surface area contributed by atoms with Crippen LogP contribution in [0.4, 0.5) is 4.39 Å². The number of halogens is 1. The van der Waals surface area contributed by atoms with Gasteiger partial charge in [0.25, 0.3) is 0 Å². The Balaban J connectivity index is 1.84. The van der Waals surface area contributed by atoms with E-state index in [1.165, 1.54) is 19.2 Å². The maximum atomic E-state index is 13.2. The summed E-state index contributed by atoms with van der Waals surface area (Å²) in [6.07, 6.45) is 2.67. The lowest BCUT2D eigenvalue weighted by molar-refractivity contribution is -0.140. The molecular weight excluding hydrogens is 347 g/mol. The topological polar surface area (TPSA) is 52.1 Å². The van der Waals surface area contributed by atoms with Gasteiger partial charge in [-0.25, -0.2) is 14.4 Å². The zero-order valence-electron chi connectivity index (χ0n) is 13.0. The highest BCUT2D eigenvalue weighted by molar-refractivity contribution is 7.99. The molecule has 0 aliphatic carbocycles. The van der Waals surface area contributed by atoms with Gasteiger partial charge in [0.15, 0.2) is 0 Å². The van der Waals surface area contributed by atoms with Crippen LogP contribution in [0.2, 0.25) is 0 Å². The molecule has 0 saturated carbocycles. The maximum absolute atomic E-state index is 13.2. The Kier molecular flexibility index (Phi) is 5.42. The zero-order valence-corrected chi connectivity index (χ0v) is 14.6. The van der Waals surface area contributed by atoms with E-state index in [0.29, 0.717) is 6.42 Å². The SMILES string of the molecule is COC(=O)CCCSc1ncnc2scc(-c3ccc(F)cc3)c12. The molecule has 0 aliphatic heterocycles. The van der Waals surface area contributed by atoms with Gasteiger partial charge in [-0.2, -0.15) is 0 Å². The Morgan fingerprint density at radius 2 is 2.08 bits per heavy atom. The molecule has 0 N–H and O–H groups in total. The van der Waals surface area contributed by atoms with E-state index in [9.17, 15) is 9.18 Å². The lowest BCUT2D eigenvalue weighted by Crippen LogP contribution is -2.00. The monoisotopic (exact) mass is 362 g/mol. The van der Waals surface area contributed by atoms with Crippen molar-refractivity contribution in [2.24, 2.45) is 0 Å². The summed E-state index contributed by atoms with van der Waals surface area (Å²) in [6, 6.07) is 6.42. The molecular formula is C17H15FN2O2S2. The number of methoxy groups -OCH3 is 1. The second kappa shape index (κ2) is 7.72. The van der Waals surface area contributed by atoms with Gasteiger partial charge in [0.05, 0.1) is 12.5 Å². The highest BCUT2D eigenvalue weighted by Gasteiger charge is 2.13. The molecule has 0 spiro atoms. The lowest BCUT2D eigenvalue weighted by Gasteiger charge is -2.05. The van der Waals surface area contributed by atoms with E-state index in [4.69, 9.17) is 0 Å². The second-order valence-electron chi connectivity index (χ2n) is 5.04. The summed E-state index contributed by atoms with van der Waals surface area (Å²) in [5, 5.41) is 3.88. The third-order valence-corrected chi connectivity index (χ3v) is 5.44. The minimum Gasteiger partial charge on any atom is -0.469 e. The first-order chi connectivity index (χ1) is 11.7. The number of thiophene rings is 1. The van der Waals surface area contributed by atoms with Crippen molar-refractivity contribution in [1.29, 1.82) is 0 Å². The largest absolute Gasteiger partial charge is 0.469 e. The van der Waals surface area contributed by atoms with Gasteiger partial charge in [-0.1, -0.05) is 12.1 Å². The van der Waals surface area contributed by atoms with E-state index in [2.05, 4.69) is 14.7 Å². The zero-order chi connectivity index (χ0) is 16.9. The number of aromatic nitrogens is 2. The van der Waals surface area contributed by atoms with Gasteiger partial charge in [-0.15, -0.1) is 23.1 Å². The van der Waals surface area contributed by atoms with E-state index in [-0.39, 0.29) is 11.8 Å². The number of rotatable bonds is 6. The number of thioether (sulfide) groups is 1. The number of hydrogen-bond donors (Lipinski definition) is 0. The summed E-state index contributed by atoms with van der Waals surface area (Å²) < 4.78 is 17.8. The fourth-order valence-corrected chi connectivity index (χ4v) is 4.22. The first-order valence-electron chi connectivity index (χ1n) is 7.37. The van der Waals surface area contributed by atoms with Gasteiger partial charge in [-0.3, -0.25) is 4.79 Å². The minimum atomic E-state index is -0.257. The number of ether oxygens (including phenoxy) is 1. The molecule has 2 aromatic heterocycles. The Labute approximate surface area is 147 Å². The van der Waals surface area contributed by atoms with Gasteiger partial charge in [0.1, 0.15) is 22.0 Å². The van der Waals surface area contributed by atoms with Gasteiger partial charge in [0.2, 0.25) is 0 Å². The molecule has 2 heterocycles. The Bertz CT molecular complexity index is 849. The van der Waals surface area contributed by atoms with Crippen LogP contribution in [-0.4, -0.2) is 28.8 Å². The highest BCUT2D eigenvalue weighted by atomic mass is 32.2. The smallest absolute Gasteiger partial charge is 0.305 e. The molecule has 0 fully saturated rings. The van der Waals surface area contributed by atoms with Gasteiger partial charge in [0, 0.05) is 23.1 Å². The first-order valence-corrected chi connectivity index (χ1v) is 9.23. The standard InChI is InChI=1S/C17H15FN2O2S2/c1-22-14(21)3-2-8-23-16-15-13(9-24-17(15)20-10-19-16)11-4-6-12(18)7-5-11/h4-7,9-10H,2-3,8H2,1H3. The first kappa shape index (κ1) is 16.9. The number of carbonyl (C=O) groups excluding carboxylic acids is 1. The van der Waals surface area contributed by atoms with E-state index >= 15 is 0 Å². The quantitative estimate of drug-likeness (QED) is 0.279. The van der Waals surface area contributed by atoms with Crippen LogP contribution in [0.25, 0.3) is 21.3 Å². The lowest BCUT2D eigenvalue weighted by atomic mass is 10.1. The van der Waals surface area contributed by atoms with Crippen LogP contribution >= 0.6 is 23.1 Å². The molecule has 124 valence electrons. The van der Waals surface area contributed by atoms with Crippen LogP contribution in [0, 0.1) is 5.82 Å². The highest BCUT2D eigenvalue weighted by Crippen LogP contribution is 2.38. The van der Waals surface area contributed by atoms with Gasteiger partial charge >= 0.3 is 5.97 Å². The van der Waals surface area contributed by atoms with Crippen LogP contribution in [0.5, 0.6) is 0 Å². The Morgan fingerprint density at radius 1 is 1.29 bits per heavy atom. The number of carbonyl (C=O) groups is 1. The number of nitrogens with zero attached hydrogens (tertiary/aromatic N) is 2. The van der Waals surface area contributed by atoms with Crippen molar-refractivity contribution in [2.75, 3.05) is 12.9 Å². The third-order valence-electron chi connectivity index (χ3n) is 3.48. The number of hydrogen-bond acceptors (Lipinski definition) is 6. The van der Waals surface area contributed by atoms with Crippen molar-refractivity contribution in [3.63, 3.8) is 0 Å². The molecule has 0 radical (unpaired) electrons. The van der Waals surface area contributed by atoms with Crippen LogP contribution in [-0.2, 0) is 9.53 Å². The molecule has 24 heavy (non-hydrogen) atoms. The second-order valence-corrected chi connectivity index (χ2v) is 6.99. The molecule has 7 heteroatoms. The summed E-state index contributed by atoms with van der Waals surface area (Å²) in [5.41, 5.74) is 1.94. The Morgan fingerprint density at radius 3 is 2.83 bits per heavy atom. The fourth-order valence-electron chi connectivity index (χ4n) is 2.29. The van der Waals surface area contributed by atoms with Gasteiger partial charge in [-0.05, 0) is 24.1 Å². The van der Waals surface area contributed by atoms with Crippen molar-refractivity contribution in [1.82, 2.24) is 9.97 Å². The predicted octanol–water partition coefficient (Wildman–Crippen LogP) is 4.54. The van der Waals surface area contributed by atoms with E-state index in [1.54, 1.807) is 41.6 Å². The Hall–Kier alpha value is -1.99. The molecule has 0 unspecified atom stereocenters. The summed E-state index contributed by atoms with van der Waals surface area (Å²) in [5.74, 6) is 0.304. The van der Waals surface area contributed by atoms with E-state index in [0.717, 1.165) is 38.5 Å². The molecule has 3 rings (SSSR count). The summed E-state index contributed by atoms with van der Waals surface area (Å²) in [6.45, 7) is 0. The molecule has 0 saturated heterocycles. The van der Waals surface area contributed by atoms with Crippen molar-refractivity contribution >= 4 is 39.3 Å². The molecule has 3 aromatic rings. The normalized spacial score (nSPS) is 10.9. The van der Waals surface area contributed by atoms with Crippen LogP contribution < -0.4 is 0 Å². The molecule has 1 aromatic carbocycles. The summed E-state index contributed by atoms with van der Waals surface area (Å²) in [7, 11) is 1.39. The van der Waals surface area contributed by atoms with Crippen molar-refractivity contribution in [2.45, 2.75) is 17.9 Å². The van der Waals surface area contributed by atoms with Crippen molar-refractivity contribution < 1.29 is 13.9 Å².